The van der Waals surface area contributed by atoms with Crippen LogP contribution in [0.15, 0.2) is 53.9 Å². The molecule has 0 unspecified atom stereocenters. The van der Waals surface area contributed by atoms with Gasteiger partial charge in [-0.1, -0.05) is 30.8 Å². The molecule has 0 aliphatic heterocycles. The minimum absolute atomic E-state index is 0.176. The van der Waals surface area contributed by atoms with Gasteiger partial charge in [-0.15, -0.1) is 0 Å². The van der Waals surface area contributed by atoms with Crippen molar-refractivity contribution in [3.05, 3.63) is 71.3 Å². The van der Waals surface area contributed by atoms with Crippen LogP contribution in [0, 0.1) is 0 Å². The number of carbonyl (C=O) groups is 1. The summed E-state index contributed by atoms with van der Waals surface area (Å²) in [5.41, 5.74) is 2.62. The summed E-state index contributed by atoms with van der Waals surface area (Å²) in [6.07, 6.45) is 0. The molecular weight excluding hydrogens is 276 g/mol. The van der Waals surface area contributed by atoms with E-state index < -0.39 is 10.1 Å². The second kappa shape index (κ2) is 4.13. The maximum Gasteiger partial charge on any atom is 0.294 e. The Balaban J connectivity index is 2.29. The Kier molecular flexibility index (Phi) is 2.64. The SMILES string of the molecule is C=C1c2ccccc2C(=O)c2ccc(S(=O)(=O)O)cc21. The van der Waals surface area contributed by atoms with E-state index in [0.29, 0.717) is 27.8 Å². The molecule has 0 radical (unpaired) electrons. The molecule has 4 nitrogen and oxygen atoms in total. The number of fused-ring (bicyclic) bond motifs is 2. The van der Waals surface area contributed by atoms with Gasteiger partial charge in [0.25, 0.3) is 10.1 Å². The van der Waals surface area contributed by atoms with Crippen LogP contribution >= 0.6 is 0 Å². The van der Waals surface area contributed by atoms with Gasteiger partial charge in [0.1, 0.15) is 0 Å². The van der Waals surface area contributed by atoms with E-state index in [0.717, 1.165) is 0 Å². The normalized spacial score (nSPS) is 13.8. The van der Waals surface area contributed by atoms with Gasteiger partial charge in [0.15, 0.2) is 5.78 Å². The summed E-state index contributed by atoms with van der Waals surface area (Å²) >= 11 is 0. The van der Waals surface area contributed by atoms with Crippen molar-refractivity contribution in [2.24, 2.45) is 0 Å². The van der Waals surface area contributed by atoms with Crippen molar-refractivity contribution >= 4 is 21.5 Å². The minimum Gasteiger partial charge on any atom is -0.289 e. The molecule has 0 heterocycles. The Bertz CT molecular complexity index is 863. The van der Waals surface area contributed by atoms with Crippen molar-refractivity contribution < 1.29 is 17.8 Å². The monoisotopic (exact) mass is 286 g/mol. The van der Waals surface area contributed by atoms with Gasteiger partial charge in [0.05, 0.1) is 4.90 Å². The van der Waals surface area contributed by atoms with Crippen molar-refractivity contribution in [3.8, 4) is 0 Å². The molecule has 0 saturated heterocycles. The van der Waals surface area contributed by atoms with Gasteiger partial charge >= 0.3 is 0 Å². The summed E-state index contributed by atoms with van der Waals surface area (Å²) in [5, 5.41) is 0. The molecule has 0 spiro atoms. The molecular formula is C15H10O4S. The molecule has 2 aromatic carbocycles. The van der Waals surface area contributed by atoms with Gasteiger partial charge < -0.3 is 0 Å². The smallest absolute Gasteiger partial charge is 0.289 e. The summed E-state index contributed by atoms with van der Waals surface area (Å²) in [5.74, 6) is -0.176. The van der Waals surface area contributed by atoms with E-state index in [2.05, 4.69) is 6.58 Å². The second-order valence-electron chi connectivity index (χ2n) is 4.54. The number of carbonyl (C=O) groups excluding carboxylic acids is 1. The first-order valence-corrected chi connectivity index (χ1v) is 7.28. The summed E-state index contributed by atoms with van der Waals surface area (Å²) in [7, 11) is -4.31. The van der Waals surface area contributed by atoms with Crippen LogP contribution in [0.25, 0.3) is 5.57 Å². The fourth-order valence-corrected chi connectivity index (χ4v) is 2.87. The third kappa shape index (κ3) is 1.79. The molecule has 5 heteroatoms. The molecule has 100 valence electrons. The van der Waals surface area contributed by atoms with Crippen LogP contribution in [-0.4, -0.2) is 18.8 Å². The largest absolute Gasteiger partial charge is 0.294 e. The molecule has 20 heavy (non-hydrogen) atoms. The van der Waals surface area contributed by atoms with E-state index in [9.17, 15) is 13.2 Å². The Hall–Kier alpha value is -2.24. The highest BCUT2D eigenvalue weighted by molar-refractivity contribution is 7.85. The molecule has 0 saturated carbocycles. The van der Waals surface area contributed by atoms with Crippen LogP contribution in [0.3, 0.4) is 0 Å². The number of benzene rings is 2. The van der Waals surface area contributed by atoms with E-state index in [1.807, 2.05) is 0 Å². The molecule has 0 amide bonds. The lowest BCUT2D eigenvalue weighted by Gasteiger charge is -2.20. The van der Waals surface area contributed by atoms with E-state index in [1.54, 1.807) is 24.3 Å². The van der Waals surface area contributed by atoms with Crippen molar-refractivity contribution in [3.63, 3.8) is 0 Å². The van der Waals surface area contributed by atoms with Crippen LogP contribution in [0.2, 0.25) is 0 Å². The van der Waals surface area contributed by atoms with Crippen LogP contribution < -0.4 is 0 Å². The first kappa shape index (κ1) is 12.8. The topological polar surface area (TPSA) is 71.4 Å². The van der Waals surface area contributed by atoms with Crippen molar-refractivity contribution in [1.29, 1.82) is 0 Å². The molecule has 0 bridgehead atoms. The van der Waals surface area contributed by atoms with Crippen molar-refractivity contribution in [2.75, 3.05) is 0 Å². The molecule has 3 rings (SSSR count). The highest BCUT2D eigenvalue weighted by Crippen LogP contribution is 2.35. The Morgan fingerprint density at radius 3 is 2.15 bits per heavy atom. The summed E-state index contributed by atoms with van der Waals surface area (Å²) < 4.78 is 31.5. The molecule has 0 atom stereocenters. The average molecular weight is 286 g/mol. The fraction of sp³-hybridized carbons (Fsp3) is 0. The van der Waals surface area contributed by atoms with Crippen LogP contribution in [0.1, 0.15) is 27.0 Å². The minimum atomic E-state index is -4.31. The van der Waals surface area contributed by atoms with Crippen LogP contribution in [0.4, 0.5) is 0 Å². The van der Waals surface area contributed by atoms with Gasteiger partial charge in [0.2, 0.25) is 0 Å². The number of hydrogen-bond donors (Lipinski definition) is 1. The predicted octanol–water partition coefficient (Wildman–Crippen LogP) is 2.54. The maximum absolute atomic E-state index is 12.4. The summed E-state index contributed by atoms with van der Waals surface area (Å²) in [6.45, 7) is 3.93. The van der Waals surface area contributed by atoms with Crippen LogP contribution in [0.5, 0.6) is 0 Å². The zero-order valence-electron chi connectivity index (χ0n) is 10.3. The average Bonchev–Trinajstić information content (AvgIpc) is 2.43. The lowest BCUT2D eigenvalue weighted by atomic mass is 9.82. The summed E-state index contributed by atoms with van der Waals surface area (Å²) in [4.78, 5) is 12.1. The highest BCUT2D eigenvalue weighted by Gasteiger charge is 2.26. The number of rotatable bonds is 1. The first-order chi connectivity index (χ1) is 9.39. The predicted molar refractivity (Wildman–Crippen MR) is 74.3 cm³/mol. The molecule has 1 aliphatic carbocycles. The Labute approximate surface area is 116 Å². The van der Waals surface area contributed by atoms with E-state index >= 15 is 0 Å². The van der Waals surface area contributed by atoms with Gasteiger partial charge in [-0.3, -0.25) is 9.35 Å². The number of hydrogen-bond acceptors (Lipinski definition) is 3. The lowest BCUT2D eigenvalue weighted by Crippen LogP contribution is -2.14. The van der Waals surface area contributed by atoms with Gasteiger partial charge in [-0.2, -0.15) is 8.42 Å². The zero-order chi connectivity index (χ0) is 14.5. The fourth-order valence-electron chi connectivity index (χ4n) is 2.37. The third-order valence-corrected chi connectivity index (χ3v) is 4.21. The summed E-state index contributed by atoms with van der Waals surface area (Å²) in [6, 6.07) is 10.9. The van der Waals surface area contributed by atoms with E-state index in [-0.39, 0.29) is 10.7 Å². The second-order valence-corrected chi connectivity index (χ2v) is 5.96. The molecule has 0 aromatic heterocycles. The van der Waals surface area contributed by atoms with Crippen LogP contribution in [-0.2, 0) is 10.1 Å². The van der Waals surface area contributed by atoms with Gasteiger partial charge in [-0.25, -0.2) is 0 Å². The van der Waals surface area contributed by atoms with E-state index in [1.165, 1.54) is 18.2 Å². The van der Waals surface area contributed by atoms with Crippen molar-refractivity contribution in [1.82, 2.24) is 0 Å². The number of ketones is 1. The molecule has 0 fully saturated rings. The van der Waals surface area contributed by atoms with E-state index in [4.69, 9.17) is 4.55 Å². The maximum atomic E-state index is 12.4. The highest BCUT2D eigenvalue weighted by atomic mass is 32.2. The third-order valence-electron chi connectivity index (χ3n) is 3.36. The molecule has 1 N–H and O–H groups in total. The zero-order valence-corrected chi connectivity index (χ0v) is 11.1. The Morgan fingerprint density at radius 2 is 1.50 bits per heavy atom. The molecule has 2 aromatic rings. The quantitative estimate of drug-likeness (QED) is 0.698. The van der Waals surface area contributed by atoms with Gasteiger partial charge in [-0.05, 0) is 34.9 Å². The molecule has 1 aliphatic rings. The lowest BCUT2D eigenvalue weighted by molar-refractivity contribution is 0.103. The first-order valence-electron chi connectivity index (χ1n) is 5.84. The van der Waals surface area contributed by atoms with Gasteiger partial charge in [0, 0.05) is 11.1 Å². The van der Waals surface area contributed by atoms with Crippen molar-refractivity contribution in [2.45, 2.75) is 4.90 Å². The standard InChI is InChI=1S/C15H10O4S/c1-9-11-4-2-3-5-12(11)15(16)13-7-6-10(8-14(9)13)20(17,18)19/h2-8H,1H2,(H,17,18,19). The Morgan fingerprint density at radius 1 is 0.900 bits per heavy atom.